The molecule has 40 heavy (non-hydrogen) atoms. The summed E-state index contributed by atoms with van der Waals surface area (Å²) in [6.45, 7) is 7.60. The van der Waals surface area contributed by atoms with Crippen LogP contribution >= 0.6 is 0 Å². The molecule has 2 aromatic carbocycles. The van der Waals surface area contributed by atoms with E-state index >= 15 is 0 Å². The molecule has 216 valence electrons. The average Bonchev–Trinajstić information content (AvgIpc) is 3.42. The van der Waals surface area contributed by atoms with Gasteiger partial charge < -0.3 is 15.5 Å². The lowest BCUT2D eigenvalue weighted by Gasteiger charge is -2.43. The second kappa shape index (κ2) is 12.8. The Balaban J connectivity index is 1.25. The molecule has 0 saturated carbocycles. The minimum atomic E-state index is -4.55. The molecular weight excluding hydrogens is 523 g/mol. The first-order chi connectivity index (χ1) is 19.0. The Morgan fingerprint density at radius 2 is 1.57 bits per heavy atom. The van der Waals surface area contributed by atoms with Gasteiger partial charge in [-0.3, -0.25) is 24.2 Å². The molecule has 2 aromatic rings. The molecule has 3 atom stereocenters. The molecule has 2 aliphatic heterocycles. The van der Waals surface area contributed by atoms with Crippen LogP contribution in [0.2, 0.25) is 0 Å². The van der Waals surface area contributed by atoms with Gasteiger partial charge in [-0.15, -0.1) is 0 Å². The van der Waals surface area contributed by atoms with Crippen LogP contribution in [0.4, 0.5) is 13.2 Å². The predicted molar refractivity (Wildman–Crippen MR) is 144 cm³/mol. The van der Waals surface area contributed by atoms with E-state index in [1.165, 1.54) is 6.07 Å². The van der Waals surface area contributed by atoms with Crippen molar-refractivity contribution in [1.82, 2.24) is 25.3 Å². The van der Waals surface area contributed by atoms with E-state index in [9.17, 15) is 27.6 Å². The lowest BCUT2D eigenvalue weighted by atomic mass is 10.1. The maximum absolute atomic E-state index is 12.9. The number of nitrogens with zero attached hydrogens (tertiary/aromatic N) is 3. The van der Waals surface area contributed by atoms with Crippen LogP contribution in [0.15, 0.2) is 54.6 Å². The Morgan fingerprint density at radius 1 is 0.900 bits per heavy atom. The third kappa shape index (κ3) is 7.19. The first-order valence-corrected chi connectivity index (χ1v) is 13.6. The Kier molecular flexibility index (Phi) is 9.47. The summed E-state index contributed by atoms with van der Waals surface area (Å²) in [5.74, 6) is -1.09. The number of piperazine rings is 1. The van der Waals surface area contributed by atoms with Crippen molar-refractivity contribution in [3.8, 4) is 0 Å². The zero-order valence-electron chi connectivity index (χ0n) is 22.8. The summed E-state index contributed by atoms with van der Waals surface area (Å²) < 4.78 is 38.8. The molecule has 4 rings (SSSR count). The van der Waals surface area contributed by atoms with Crippen LogP contribution in [-0.2, 0) is 11.0 Å². The number of likely N-dealkylation sites (tertiary alicyclic amines) is 1. The summed E-state index contributed by atoms with van der Waals surface area (Å²) >= 11 is 0. The fraction of sp³-hybridized carbons (Fsp3) is 0.483. The maximum atomic E-state index is 12.9. The molecular formula is C29H36F3N5O3. The third-order valence-electron chi connectivity index (χ3n) is 7.90. The Bertz CT molecular complexity index is 1180. The minimum Gasteiger partial charge on any atom is -0.343 e. The molecule has 2 saturated heterocycles. The van der Waals surface area contributed by atoms with Crippen molar-refractivity contribution in [3.05, 3.63) is 71.3 Å². The predicted octanol–water partition coefficient (Wildman–Crippen LogP) is 3.21. The molecule has 0 radical (unpaired) electrons. The molecule has 2 N–H and O–H groups in total. The van der Waals surface area contributed by atoms with E-state index < -0.39 is 23.6 Å². The van der Waals surface area contributed by atoms with Crippen LogP contribution in [0.1, 0.15) is 53.0 Å². The molecule has 2 heterocycles. The van der Waals surface area contributed by atoms with Crippen LogP contribution in [0.3, 0.4) is 0 Å². The lowest BCUT2D eigenvalue weighted by molar-refractivity contribution is -0.137. The maximum Gasteiger partial charge on any atom is 0.416 e. The van der Waals surface area contributed by atoms with Crippen molar-refractivity contribution < 1.29 is 27.6 Å². The quantitative estimate of drug-likeness (QED) is 0.519. The number of halogens is 3. The Morgan fingerprint density at radius 3 is 2.25 bits per heavy atom. The number of nitrogens with one attached hydrogen (secondary N) is 2. The van der Waals surface area contributed by atoms with E-state index in [1.807, 2.05) is 35.2 Å². The van der Waals surface area contributed by atoms with Crippen molar-refractivity contribution >= 4 is 17.7 Å². The van der Waals surface area contributed by atoms with Gasteiger partial charge in [0.05, 0.1) is 18.3 Å². The van der Waals surface area contributed by atoms with Crippen molar-refractivity contribution in [3.63, 3.8) is 0 Å². The number of carbonyl (C=O) groups is 3. The highest BCUT2D eigenvalue weighted by Gasteiger charge is 2.35. The van der Waals surface area contributed by atoms with Crippen molar-refractivity contribution in [2.24, 2.45) is 0 Å². The number of amides is 3. The summed E-state index contributed by atoms with van der Waals surface area (Å²) in [5.41, 5.74) is -0.379. The number of alkyl halides is 3. The SMILES string of the molecule is CC([C@@H](C)N1CCN(C(=O)c2ccccc2)CC1)N1CCCC1NC(=O)CNC(=O)c1cccc(C(F)(F)F)c1. The fourth-order valence-electron chi connectivity index (χ4n) is 5.45. The van der Waals surface area contributed by atoms with Gasteiger partial charge in [-0.05, 0) is 57.0 Å². The van der Waals surface area contributed by atoms with Crippen molar-refractivity contribution in [2.75, 3.05) is 39.3 Å². The third-order valence-corrected chi connectivity index (χ3v) is 7.90. The number of carbonyl (C=O) groups excluding carboxylic acids is 3. The van der Waals surface area contributed by atoms with Crippen LogP contribution in [-0.4, -0.2) is 89.9 Å². The first-order valence-electron chi connectivity index (χ1n) is 13.6. The normalized spacial score (nSPS) is 20.1. The van der Waals surface area contributed by atoms with Crippen molar-refractivity contribution in [2.45, 2.75) is 51.1 Å². The molecule has 11 heteroatoms. The fourth-order valence-corrected chi connectivity index (χ4v) is 5.45. The summed E-state index contributed by atoms with van der Waals surface area (Å²) in [5, 5.41) is 5.39. The number of hydrogen-bond acceptors (Lipinski definition) is 5. The smallest absolute Gasteiger partial charge is 0.343 e. The lowest BCUT2D eigenvalue weighted by Crippen LogP contribution is -2.59. The molecule has 0 aromatic heterocycles. The first kappa shape index (κ1) is 29.5. The van der Waals surface area contributed by atoms with E-state index in [0.717, 1.165) is 50.7 Å². The molecule has 0 bridgehead atoms. The Labute approximate surface area is 232 Å². The van der Waals surface area contributed by atoms with Gasteiger partial charge in [0.15, 0.2) is 0 Å². The topological polar surface area (TPSA) is 85.0 Å². The standard InChI is InChI=1S/C29H36F3N5O3/c1-20(35-14-16-36(17-15-35)28(40)22-8-4-3-5-9-22)21(2)37-13-7-12-25(37)34-26(38)19-33-27(39)23-10-6-11-24(18-23)29(30,31)32/h3-6,8-11,18,20-21,25H,7,12-17,19H2,1-2H3,(H,33,39)(H,34,38)/t20-,21?,25?/m1/s1. The summed E-state index contributed by atoms with van der Waals surface area (Å²) in [6.07, 6.45) is -3.07. The molecule has 2 unspecified atom stereocenters. The van der Waals surface area contributed by atoms with E-state index in [4.69, 9.17) is 0 Å². The molecule has 8 nitrogen and oxygen atoms in total. The van der Waals surface area contributed by atoms with Crippen LogP contribution < -0.4 is 10.6 Å². The van der Waals surface area contributed by atoms with Gasteiger partial charge >= 0.3 is 6.18 Å². The van der Waals surface area contributed by atoms with Gasteiger partial charge in [0, 0.05) is 55.9 Å². The van der Waals surface area contributed by atoms with E-state index in [1.54, 1.807) is 0 Å². The van der Waals surface area contributed by atoms with Gasteiger partial charge in [-0.1, -0.05) is 24.3 Å². The number of rotatable bonds is 8. The highest BCUT2D eigenvalue weighted by molar-refractivity contribution is 5.96. The second-order valence-corrected chi connectivity index (χ2v) is 10.4. The summed E-state index contributed by atoms with van der Waals surface area (Å²) in [7, 11) is 0. The van der Waals surface area contributed by atoms with Gasteiger partial charge in [0.1, 0.15) is 0 Å². The number of benzene rings is 2. The average molecular weight is 560 g/mol. The summed E-state index contributed by atoms with van der Waals surface area (Å²) in [6, 6.07) is 13.7. The highest BCUT2D eigenvalue weighted by atomic mass is 19.4. The second-order valence-electron chi connectivity index (χ2n) is 10.4. The van der Waals surface area contributed by atoms with E-state index in [-0.39, 0.29) is 36.3 Å². The van der Waals surface area contributed by atoms with Gasteiger partial charge in [-0.25, -0.2) is 0 Å². The van der Waals surface area contributed by atoms with Gasteiger partial charge in [-0.2, -0.15) is 13.2 Å². The zero-order chi connectivity index (χ0) is 28.9. The van der Waals surface area contributed by atoms with Crippen LogP contribution in [0.5, 0.6) is 0 Å². The highest BCUT2D eigenvalue weighted by Crippen LogP contribution is 2.29. The van der Waals surface area contributed by atoms with Crippen LogP contribution in [0, 0.1) is 0 Å². The summed E-state index contributed by atoms with van der Waals surface area (Å²) in [4.78, 5) is 44.3. The molecule has 2 fully saturated rings. The molecule has 0 spiro atoms. The monoisotopic (exact) mass is 559 g/mol. The largest absolute Gasteiger partial charge is 0.416 e. The Hall–Kier alpha value is -3.44. The molecule has 0 aliphatic carbocycles. The van der Waals surface area contributed by atoms with Crippen molar-refractivity contribution in [1.29, 1.82) is 0 Å². The van der Waals surface area contributed by atoms with E-state index in [2.05, 4.69) is 34.3 Å². The number of hydrogen-bond donors (Lipinski definition) is 2. The minimum absolute atomic E-state index is 0.0448. The van der Waals surface area contributed by atoms with E-state index in [0.29, 0.717) is 18.7 Å². The molecule has 3 amide bonds. The van der Waals surface area contributed by atoms with Crippen LogP contribution in [0.25, 0.3) is 0 Å². The zero-order valence-corrected chi connectivity index (χ0v) is 22.8. The van der Waals surface area contributed by atoms with Gasteiger partial charge in [0.2, 0.25) is 5.91 Å². The molecule has 2 aliphatic rings. The van der Waals surface area contributed by atoms with Gasteiger partial charge in [0.25, 0.3) is 11.8 Å².